The van der Waals surface area contributed by atoms with Crippen LogP contribution in [-0.4, -0.2) is 35.6 Å². The summed E-state index contributed by atoms with van der Waals surface area (Å²) in [6.45, 7) is 0.722. The van der Waals surface area contributed by atoms with Crippen molar-refractivity contribution in [1.82, 2.24) is 0 Å². The van der Waals surface area contributed by atoms with E-state index in [0.717, 1.165) is 33.4 Å². The molecule has 2 atom stereocenters. The van der Waals surface area contributed by atoms with Crippen LogP contribution in [0.1, 0.15) is 59.1 Å². The van der Waals surface area contributed by atoms with Crippen LogP contribution in [0.3, 0.4) is 0 Å². The van der Waals surface area contributed by atoms with E-state index in [1.165, 1.54) is 0 Å². The van der Waals surface area contributed by atoms with Crippen molar-refractivity contribution in [3.63, 3.8) is 0 Å². The maximum atomic E-state index is 11.0. The molecule has 6 aromatic carbocycles. The SMILES string of the molecule is O[C@@H](C/C=C\C[C@H](O)CCOC(c1ccccc1)(c1ccccc1)c1ccccc1)CCOC(c1ccccc1)(c1ccccc1)c1ccccc1. The van der Waals surface area contributed by atoms with Gasteiger partial charge in [-0.15, -0.1) is 0 Å². The summed E-state index contributed by atoms with van der Waals surface area (Å²) in [5.41, 5.74) is 4.58. The topological polar surface area (TPSA) is 58.9 Å². The number of ether oxygens (including phenoxy) is 2. The van der Waals surface area contributed by atoms with Crippen LogP contribution in [0.25, 0.3) is 0 Å². The van der Waals surface area contributed by atoms with Gasteiger partial charge in [0.1, 0.15) is 11.2 Å². The summed E-state index contributed by atoms with van der Waals surface area (Å²) in [6, 6.07) is 61.6. The third-order valence-corrected chi connectivity index (χ3v) is 9.60. The summed E-state index contributed by atoms with van der Waals surface area (Å²) in [7, 11) is 0. The van der Waals surface area contributed by atoms with Crippen molar-refractivity contribution >= 4 is 0 Å². The lowest BCUT2D eigenvalue weighted by Crippen LogP contribution is -2.34. The Bertz CT molecular complexity index is 1560. The van der Waals surface area contributed by atoms with Gasteiger partial charge in [-0.25, -0.2) is 0 Å². The molecule has 4 nitrogen and oxygen atoms in total. The highest BCUT2D eigenvalue weighted by Crippen LogP contribution is 2.42. The fourth-order valence-electron chi connectivity index (χ4n) is 6.98. The first-order valence-corrected chi connectivity index (χ1v) is 18.2. The van der Waals surface area contributed by atoms with Gasteiger partial charge in [0, 0.05) is 0 Å². The molecule has 0 fully saturated rings. The predicted octanol–water partition coefficient (Wildman–Crippen LogP) is 9.84. The van der Waals surface area contributed by atoms with Crippen molar-refractivity contribution < 1.29 is 19.7 Å². The fraction of sp³-hybridized carbons (Fsp3) is 0.208. The van der Waals surface area contributed by atoms with Gasteiger partial charge in [-0.05, 0) is 59.1 Å². The van der Waals surface area contributed by atoms with E-state index < -0.39 is 23.4 Å². The van der Waals surface area contributed by atoms with Crippen molar-refractivity contribution in [3.8, 4) is 0 Å². The van der Waals surface area contributed by atoms with Crippen LogP contribution in [0.2, 0.25) is 0 Å². The van der Waals surface area contributed by atoms with E-state index in [0.29, 0.717) is 38.9 Å². The van der Waals surface area contributed by atoms with Gasteiger partial charge in [-0.3, -0.25) is 0 Å². The Balaban J connectivity index is 1.06. The molecule has 2 N–H and O–H groups in total. The van der Waals surface area contributed by atoms with Crippen molar-refractivity contribution in [1.29, 1.82) is 0 Å². The molecule has 0 saturated heterocycles. The summed E-state index contributed by atoms with van der Waals surface area (Å²) in [5.74, 6) is 0. The molecule has 264 valence electrons. The van der Waals surface area contributed by atoms with E-state index in [9.17, 15) is 10.2 Å². The molecule has 6 aromatic rings. The molecule has 0 unspecified atom stereocenters. The smallest absolute Gasteiger partial charge is 0.143 e. The highest BCUT2D eigenvalue weighted by molar-refractivity contribution is 5.48. The maximum Gasteiger partial charge on any atom is 0.143 e. The van der Waals surface area contributed by atoms with Crippen LogP contribution < -0.4 is 0 Å². The van der Waals surface area contributed by atoms with E-state index in [4.69, 9.17) is 9.47 Å². The molecule has 52 heavy (non-hydrogen) atoms. The highest BCUT2D eigenvalue weighted by atomic mass is 16.5. The zero-order valence-electron chi connectivity index (χ0n) is 29.6. The Labute approximate surface area is 308 Å². The van der Waals surface area contributed by atoms with Crippen LogP contribution in [-0.2, 0) is 20.7 Å². The monoisotopic (exact) mass is 688 g/mol. The van der Waals surface area contributed by atoms with Gasteiger partial charge in [0.25, 0.3) is 0 Å². The van der Waals surface area contributed by atoms with Gasteiger partial charge in [-0.2, -0.15) is 0 Å². The molecule has 0 heterocycles. The molecule has 0 aromatic heterocycles. The van der Waals surface area contributed by atoms with Crippen LogP contribution in [0.5, 0.6) is 0 Å². The molecule has 6 rings (SSSR count). The molecule has 0 amide bonds. The highest BCUT2D eigenvalue weighted by Gasteiger charge is 2.38. The van der Waals surface area contributed by atoms with Crippen molar-refractivity contribution in [2.75, 3.05) is 13.2 Å². The first kappa shape index (κ1) is 36.7. The number of hydrogen-bond donors (Lipinski definition) is 2. The summed E-state index contributed by atoms with van der Waals surface area (Å²) >= 11 is 0. The minimum Gasteiger partial charge on any atom is -0.393 e. The van der Waals surface area contributed by atoms with Gasteiger partial charge in [0.2, 0.25) is 0 Å². The second kappa shape index (κ2) is 18.4. The van der Waals surface area contributed by atoms with Crippen LogP contribution >= 0.6 is 0 Å². The summed E-state index contributed by atoms with van der Waals surface area (Å²) in [4.78, 5) is 0. The second-order valence-electron chi connectivity index (χ2n) is 13.1. The molecule has 0 aliphatic rings. The standard InChI is InChI=1S/C48H48O4/c49-45(35-37-51-47(39-21-7-1-8-22-39,40-23-9-2-10-24-40)41-25-11-3-12-26-41)33-19-20-34-46(50)36-38-52-48(42-27-13-4-14-28-42,43-29-15-5-16-30-43)44-31-17-6-18-32-44/h1-32,45-46,49-50H,33-38H2/b20-19-/t45-,46-/m0/s1. The Morgan fingerprint density at radius 3 is 0.788 bits per heavy atom. The molecule has 0 saturated carbocycles. The number of hydrogen-bond acceptors (Lipinski definition) is 4. The Hall–Kier alpha value is -5.10. The van der Waals surface area contributed by atoms with Gasteiger partial charge < -0.3 is 19.7 Å². The largest absolute Gasteiger partial charge is 0.393 e. The van der Waals surface area contributed by atoms with Gasteiger partial charge >= 0.3 is 0 Å². The third kappa shape index (κ3) is 8.67. The quantitative estimate of drug-likeness (QED) is 0.0698. The predicted molar refractivity (Wildman–Crippen MR) is 210 cm³/mol. The maximum absolute atomic E-state index is 11.0. The molecule has 0 spiro atoms. The first-order chi connectivity index (χ1) is 25.6. The molecule has 4 heteroatoms. The lowest BCUT2D eigenvalue weighted by atomic mass is 9.80. The lowest BCUT2D eigenvalue weighted by molar-refractivity contribution is -0.00555. The lowest BCUT2D eigenvalue weighted by Gasteiger charge is -2.36. The first-order valence-electron chi connectivity index (χ1n) is 18.2. The van der Waals surface area contributed by atoms with Crippen LogP contribution in [0, 0.1) is 0 Å². The van der Waals surface area contributed by atoms with E-state index in [-0.39, 0.29) is 0 Å². The van der Waals surface area contributed by atoms with E-state index in [1.807, 2.05) is 121 Å². The Kier molecular flexibility index (Phi) is 13.0. The molecule has 0 radical (unpaired) electrons. The number of aliphatic hydroxyl groups excluding tert-OH is 2. The molecule has 0 bridgehead atoms. The zero-order chi connectivity index (χ0) is 35.9. The normalized spacial score (nSPS) is 13.2. The van der Waals surface area contributed by atoms with Crippen LogP contribution in [0.15, 0.2) is 194 Å². The van der Waals surface area contributed by atoms with E-state index >= 15 is 0 Å². The van der Waals surface area contributed by atoms with Gasteiger partial charge in [0.05, 0.1) is 25.4 Å². The molecular formula is C48H48O4. The zero-order valence-corrected chi connectivity index (χ0v) is 29.6. The average molecular weight is 689 g/mol. The van der Waals surface area contributed by atoms with Crippen molar-refractivity contribution in [2.45, 2.75) is 49.1 Å². The minimum absolute atomic E-state index is 0.361. The van der Waals surface area contributed by atoms with Crippen molar-refractivity contribution in [3.05, 3.63) is 228 Å². The van der Waals surface area contributed by atoms with Gasteiger partial charge in [0.15, 0.2) is 0 Å². The minimum atomic E-state index is -0.815. The number of rotatable bonds is 18. The third-order valence-electron chi connectivity index (χ3n) is 9.60. The van der Waals surface area contributed by atoms with Crippen molar-refractivity contribution in [2.24, 2.45) is 0 Å². The summed E-state index contributed by atoms with van der Waals surface area (Å²) in [5, 5.41) is 21.9. The Morgan fingerprint density at radius 1 is 0.365 bits per heavy atom. The van der Waals surface area contributed by atoms with Gasteiger partial charge in [-0.1, -0.05) is 194 Å². The average Bonchev–Trinajstić information content (AvgIpc) is 3.22. The number of benzene rings is 6. The second-order valence-corrected chi connectivity index (χ2v) is 13.1. The van der Waals surface area contributed by atoms with E-state index in [1.54, 1.807) is 0 Å². The molecule has 0 aliphatic carbocycles. The molecule has 0 aliphatic heterocycles. The van der Waals surface area contributed by atoms with Crippen LogP contribution in [0.4, 0.5) is 0 Å². The number of aliphatic hydroxyl groups is 2. The summed E-state index contributed by atoms with van der Waals surface area (Å²) in [6.07, 6.45) is 4.62. The molecular weight excluding hydrogens is 641 g/mol. The van der Waals surface area contributed by atoms with E-state index in [2.05, 4.69) is 72.8 Å². The summed E-state index contributed by atoms with van der Waals surface area (Å²) < 4.78 is 13.7. The fourth-order valence-corrected chi connectivity index (χ4v) is 6.98. The Morgan fingerprint density at radius 2 is 0.577 bits per heavy atom.